The van der Waals surface area contributed by atoms with Crippen LogP contribution in [0, 0.1) is 0 Å². The van der Waals surface area contributed by atoms with E-state index >= 15 is 0 Å². The third-order valence-electron chi connectivity index (χ3n) is 2.55. The molecule has 5 heteroatoms. The Morgan fingerprint density at radius 1 is 1.37 bits per heavy atom. The second-order valence-corrected chi connectivity index (χ2v) is 4.42. The van der Waals surface area contributed by atoms with E-state index in [0.717, 1.165) is 5.56 Å². The van der Waals surface area contributed by atoms with E-state index in [4.69, 9.17) is 21.1 Å². The molecule has 1 aromatic carbocycles. The lowest BCUT2D eigenvalue weighted by molar-refractivity contribution is -0.131. The maximum atomic E-state index is 11.7. The molecule has 106 valence electrons. The number of carbonyl (C=O) groups excluding carboxylic acids is 1. The van der Waals surface area contributed by atoms with Crippen molar-refractivity contribution in [1.29, 1.82) is 0 Å². The van der Waals surface area contributed by atoms with Crippen LogP contribution in [0.4, 0.5) is 0 Å². The Bertz CT molecular complexity index is 423. The predicted octanol–water partition coefficient (Wildman–Crippen LogP) is 2.78. The number of halogens is 1. The van der Waals surface area contributed by atoms with Gasteiger partial charge in [0.1, 0.15) is 11.9 Å². The van der Waals surface area contributed by atoms with Gasteiger partial charge in [-0.2, -0.15) is 0 Å². The second kappa shape index (κ2) is 8.02. The van der Waals surface area contributed by atoms with Gasteiger partial charge in [0.2, 0.25) is 5.91 Å². The second-order valence-electron chi connectivity index (χ2n) is 4.01. The fraction of sp³-hybridized carbons (Fsp3) is 0.500. The molecule has 4 nitrogen and oxygen atoms in total. The minimum atomic E-state index is -0.442. The molecular formula is C14H20ClNO3. The number of hydrogen-bond acceptors (Lipinski definition) is 3. The van der Waals surface area contributed by atoms with Gasteiger partial charge in [0.05, 0.1) is 11.6 Å². The van der Waals surface area contributed by atoms with Gasteiger partial charge in [-0.25, -0.2) is 0 Å². The number of amides is 1. The largest absolute Gasteiger partial charge is 0.492 e. The molecule has 0 unspecified atom stereocenters. The van der Waals surface area contributed by atoms with Crippen molar-refractivity contribution in [3.8, 4) is 5.75 Å². The lowest BCUT2D eigenvalue weighted by atomic mass is 10.2. The standard InChI is InChI=1S/C14H20ClNO3/c1-4-18-10(3)14(17)16-9-11-6-7-13(19-5-2)12(15)8-11/h6-8,10H,4-5,9H2,1-3H3,(H,16,17)/t10-/m1/s1. The molecule has 19 heavy (non-hydrogen) atoms. The first kappa shape index (κ1) is 15.8. The molecule has 0 saturated heterocycles. The van der Waals surface area contributed by atoms with Crippen molar-refractivity contribution in [3.05, 3.63) is 28.8 Å². The minimum Gasteiger partial charge on any atom is -0.492 e. The summed E-state index contributed by atoms with van der Waals surface area (Å²) in [5.74, 6) is 0.522. The van der Waals surface area contributed by atoms with Crippen molar-refractivity contribution in [2.75, 3.05) is 13.2 Å². The van der Waals surface area contributed by atoms with Gasteiger partial charge in [-0.05, 0) is 38.5 Å². The molecule has 0 saturated carbocycles. The molecule has 1 amide bonds. The maximum absolute atomic E-state index is 11.7. The van der Waals surface area contributed by atoms with E-state index in [0.29, 0.717) is 30.5 Å². The first-order valence-corrected chi connectivity index (χ1v) is 6.76. The Kier molecular flexibility index (Phi) is 6.67. The highest BCUT2D eigenvalue weighted by molar-refractivity contribution is 6.32. The van der Waals surface area contributed by atoms with Crippen LogP contribution in [0.3, 0.4) is 0 Å². The molecule has 0 spiro atoms. The van der Waals surface area contributed by atoms with Crippen molar-refractivity contribution in [2.45, 2.75) is 33.4 Å². The van der Waals surface area contributed by atoms with Crippen molar-refractivity contribution in [3.63, 3.8) is 0 Å². The molecule has 1 atom stereocenters. The highest BCUT2D eigenvalue weighted by atomic mass is 35.5. The fourth-order valence-corrected chi connectivity index (χ4v) is 1.84. The van der Waals surface area contributed by atoms with Crippen molar-refractivity contribution < 1.29 is 14.3 Å². The quantitative estimate of drug-likeness (QED) is 0.838. The zero-order chi connectivity index (χ0) is 14.3. The van der Waals surface area contributed by atoms with Crippen LogP contribution in [0.2, 0.25) is 5.02 Å². The first-order chi connectivity index (χ1) is 9.08. The third kappa shape index (κ3) is 5.09. The van der Waals surface area contributed by atoms with Gasteiger partial charge in [-0.3, -0.25) is 4.79 Å². The molecule has 0 heterocycles. The van der Waals surface area contributed by atoms with Crippen molar-refractivity contribution in [1.82, 2.24) is 5.32 Å². The summed E-state index contributed by atoms with van der Waals surface area (Å²) in [6, 6.07) is 5.47. The van der Waals surface area contributed by atoms with Crippen LogP contribution in [0.15, 0.2) is 18.2 Å². The lowest BCUT2D eigenvalue weighted by Crippen LogP contribution is -2.34. The van der Waals surface area contributed by atoms with E-state index in [1.54, 1.807) is 19.1 Å². The van der Waals surface area contributed by atoms with Crippen LogP contribution >= 0.6 is 11.6 Å². The van der Waals surface area contributed by atoms with E-state index < -0.39 is 6.10 Å². The third-order valence-corrected chi connectivity index (χ3v) is 2.84. The number of carbonyl (C=O) groups is 1. The molecule has 0 aliphatic rings. The van der Waals surface area contributed by atoms with Crippen LogP contribution in [0.5, 0.6) is 5.75 Å². The summed E-state index contributed by atoms with van der Waals surface area (Å²) in [5.41, 5.74) is 0.922. The monoisotopic (exact) mass is 285 g/mol. The van der Waals surface area contributed by atoms with Crippen LogP contribution in [-0.2, 0) is 16.1 Å². The van der Waals surface area contributed by atoms with Gasteiger partial charge >= 0.3 is 0 Å². The normalized spacial score (nSPS) is 12.0. The predicted molar refractivity (Wildman–Crippen MR) is 75.6 cm³/mol. The number of ether oxygens (including phenoxy) is 2. The van der Waals surface area contributed by atoms with Gasteiger partial charge < -0.3 is 14.8 Å². The number of benzene rings is 1. The van der Waals surface area contributed by atoms with Gasteiger partial charge in [0.25, 0.3) is 0 Å². The van der Waals surface area contributed by atoms with Crippen LogP contribution in [0.1, 0.15) is 26.3 Å². The molecule has 0 radical (unpaired) electrons. The molecular weight excluding hydrogens is 266 g/mol. The Hall–Kier alpha value is -1.26. The summed E-state index contributed by atoms with van der Waals surface area (Å²) in [7, 11) is 0. The number of nitrogens with one attached hydrogen (secondary N) is 1. The Morgan fingerprint density at radius 3 is 2.68 bits per heavy atom. The van der Waals surface area contributed by atoms with E-state index in [9.17, 15) is 4.79 Å². The van der Waals surface area contributed by atoms with Gasteiger partial charge in [0.15, 0.2) is 0 Å². The topological polar surface area (TPSA) is 47.6 Å². The van der Waals surface area contributed by atoms with Crippen LogP contribution < -0.4 is 10.1 Å². The average Bonchev–Trinajstić information content (AvgIpc) is 2.39. The smallest absolute Gasteiger partial charge is 0.249 e. The van der Waals surface area contributed by atoms with Crippen LogP contribution in [-0.4, -0.2) is 25.2 Å². The summed E-state index contributed by atoms with van der Waals surface area (Å²) in [5, 5.41) is 3.35. The van der Waals surface area contributed by atoms with Crippen molar-refractivity contribution >= 4 is 17.5 Å². The number of hydrogen-bond donors (Lipinski definition) is 1. The summed E-state index contributed by atoms with van der Waals surface area (Å²) in [6.45, 7) is 6.99. The molecule has 0 aromatic heterocycles. The van der Waals surface area contributed by atoms with Gasteiger partial charge in [-0.15, -0.1) is 0 Å². The van der Waals surface area contributed by atoms with E-state index in [1.165, 1.54) is 0 Å². The summed E-state index contributed by atoms with van der Waals surface area (Å²) in [6.07, 6.45) is -0.442. The van der Waals surface area contributed by atoms with Gasteiger partial charge in [-0.1, -0.05) is 17.7 Å². The summed E-state index contributed by atoms with van der Waals surface area (Å²) in [4.78, 5) is 11.7. The summed E-state index contributed by atoms with van der Waals surface area (Å²) < 4.78 is 10.6. The van der Waals surface area contributed by atoms with Crippen LogP contribution in [0.25, 0.3) is 0 Å². The van der Waals surface area contributed by atoms with E-state index in [1.807, 2.05) is 19.9 Å². The van der Waals surface area contributed by atoms with Gasteiger partial charge in [0, 0.05) is 13.2 Å². The number of rotatable bonds is 7. The molecule has 1 aromatic rings. The summed E-state index contributed by atoms with van der Waals surface area (Å²) >= 11 is 6.07. The Morgan fingerprint density at radius 2 is 2.11 bits per heavy atom. The zero-order valence-electron chi connectivity index (χ0n) is 11.5. The maximum Gasteiger partial charge on any atom is 0.249 e. The molecule has 1 rings (SSSR count). The lowest BCUT2D eigenvalue weighted by Gasteiger charge is -2.12. The zero-order valence-corrected chi connectivity index (χ0v) is 12.3. The molecule has 1 N–H and O–H groups in total. The Labute approximate surface area is 119 Å². The molecule has 0 bridgehead atoms. The minimum absolute atomic E-state index is 0.133. The highest BCUT2D eigenvalue weighted by Gasteiger charge is 2.12. The fourth-order valence-electron chi connectivity index (χ4n) is 1.59. The molecule has 0 aliphatic carbocycles. The highest BCUT2D eigenvalue weighted by Crippen LogP contribution is 2.25. The Balaban J connectivity index is 2.54. The molecule has 0 aliphatic heterocycles. The SMILES string of the molecule is CCOc1ccc(CNC(=O)[C@@H](C)OCC)cc1Cl. The van der Waals surface area contributed by atoms with E-state index in [2.05, 4.69) is 5.32 Å². The average molecular weight is 286 g/mol. The van der Waals surface area contributed by atoms with Crippen molar-refractivity contribution in [2.24, 2.45) is 0 Å². The molecule has 0 fully saturated rings. The van der Waals surface area contributed by atoms with E-state index in [-0.39, 0.29) is 5.91 Å². The first-order valence-electron chi connectivity index (χ1n) is 6.39.